The van der Waals surface area contributed by atoms with Crippen LogP contribution in [0.15, 0.2) is 0 Å². The highest BCUT2D eigenvalue weighted by Gasteiger charge is 2.79. The van der Waals surface area contributed by atoms with Gasteiger partial charge in [-0.2, -0.15) is 0 Å². The summed E-state index contributed by atoms with van der Waals surface area (Å²) < 4.78 is 6.53. The number of likely N-dealkylation sites (tertiary alicyclic amines) is 1. The van der Waals surface area contributed by atoms with Gasteiger partial charge in [0.1, 0.15) is 11.6 Å². The predicted molar refractivity (Wildman–Crippen MR) is 107 cm³/mol. The highest BCUT2D eigenvalue weighted by Crippen LogP contribution is 2.65. The lowest BCUT2D eigenvalue weighted by Crippen LogP contribution is -2.57. The molecule has 3 amide bonds. The SMILES string of the molecule is CCCC(C)NC(=O)C1N(CCCO)C(=O)[C@@H]2[C@H](C(=O)NC)[C@@]3(C)OC12CC3C. The summed E-state index contributed by atoms with van der Waals surface area (Å²) in [5.74, 6) is -1.94. The number of rotatable bonds is 8. The van der Waals surface area contributed by atoms with E-state index in [2.05, 4.69) is 17.6 Å². The maximum absolute atomic E-state index is 13.5. The fourth-order valence-electron chi connectivity index (χ4n) is 5.90. The Morgan fingerprint density at radius 3 is 2.66 bits per heavy atom. The summed E-state index contributed by atoms with van der Waals surface area (Å²) in [6, 6.07) is -0.802. The van der Waals surface area contributed by atoms with Crippen molar-refractivity contribution in [3.63, 3.8) is 0 Å². The monoisotopic (exact) mass is 409 g/mol. The van der Waals surface area contributed by atoms with Crippen molar-refractivity contribution in [3.8, 4) is 0 Å². The lowest BCUT2D eigenvalue weighted by Gasteiger charge is -2.36. The Bertz CT molecular complexity index is 685. The zero-order chi connectivity index (χ0) is 21.6. The van der Waals surface area contributed by atoms with E-state index in [1.54, 1.807) is 11.9 Å². The second kappa shape index (κ2) is 7.87. The van der Waals surface area contributed by atoms with Crippen molar-refractivity contribution >= 4 is 17.7 Å². The first-order chi connectivity index (χ1) is 13.7. The van der Waals surface area contributed by atoms with Gasteiger partial charge in [0, 0.05) is 26.2 Å². The minimum Gasteiger partial charge on any atom is -0.396 e. The molecule has 3 rings (SSSR count). The second-order valence-electron chi connectivity index (χ2n) is 9.13. The Morgan fingerprint density at radius 2 is 2.07 bits per heavy atom. The van der Waals surface area contributed by atoms with E-state index in [1.807, 2.05) is 20.8 Å². The van der Waals surface area contributed by atoms with Gasteiger partial charge >= 0.3 is 0 Å². The Labute approximate surface area is 172 Å². The van der Waals surface area contributed by atoms with E-state index in [4.69, 9.17) is 4.74 Å². The molecular formula is C21H35N3O5. The second-order valence-corrected chi connectivity index (χ2v) is 9.13. The van der Waals surface area contributed by atoms with Crippen molar-refractivity contribution in [1.82, 2.24) is 15.5 Å². The summed E-state index contributed by atoms with van der Waals surface area (Å²) in [4.78, 5) is 41.2. The molecule has 8 heteroatoms. The molecule has 3 heterocycles. The van der Waals surface area contributed by atoms with Crippen LogP contribution in [0.4, 0.5) is 0 Å². The van der Waals surface area contributed by atoms with Crippen molar-refractivity contribution in [1.29, 1.82) is 0 Å². The Morgan fingerprint density at radius 1 is 1.38 bits per heavy atom. The van der Waals surface area contributed by atoms with E-state index in [1.165, 1.54) is 0 Å². The molecule has 0 aromatic rings. The van der Waals surface area contributed by atoms with E-state index < -0.39 is 29.1 Å². The Kier molecular flexibility index (Phi) is 5.98. The van der Waals surface area contributed by atoms with Gasteiger partial charge in [0.15, 0.2) is 0 Å². The van der Waals surface area contributed by atoms with Gasteiger partial charge in [0.25, 0.3) is 0 Å². The molecule has 2 bridgehead atoms. The zero-order valence-corrected chi connectivity index (χ0v) is 18.2. The van der Waals surface area contributed by atoms with Gasteiger partial charge in [0.05, 0.1) is 17.4 Å². The number of carbonyl (C=O) groups is 3. The fourth-order valence-corrected chi connectivity index (χ4v) is 5.90. The van der Waals surface area contributed by atoms with Gasteiger partial charge in [-0.1, -0.05) is 20.3 Å². The Balaban J connectivity index is 2.02. The third-order valence-electron chi connectivity index (χ3n) is 7.26. The van der Waals surface area contributed by atoms with Crippen LogP contribution in [-0.2, 0) is 19.1 Å². The summed E-state index contributed by atoms with van der Waals surface area (Å²) in [5, 5.41) is 15.1. The largest absolute Gasteiger partial charge is 0.396 e. The standard InChI is InChI=1S/C21H35N3O5/c1-6-8-13(3)23-18(27)16-21-11-12(2)20(4,29-21)14(17(26)22-5)15(21)19(28)24(16)9-7-10-25/h12-16,25H,6-11H2,1-5H3,(H,22,26)(H,23,27)/t12?,13?,14-,15+,16?,20+,21?/m1/s1. The summed E-state index contributed by atoms with van der Waals surface area (Å²) in [7, 11) is 1.56. The number of amides is 3. The van der Waals surface area contributed by atoms with Crippen LogP contribution in [0.5, 0.6) is 0 Å². The van der Waals surface area contributed by atoms with Crippen molar-refractivity contribution in [2.45, 2.75) is 76.7 Å². The van der Waals surface area contributed by atoms with Gasteiger partial charge in [-0.3, -0.25) is 14.4 Å². The highest BCUT2D eigenvalue weighted by atomic mass is 16.5. The minimum absolute atomic E-state index is 0.0147. The van der Waals surface area contributed by atoms with Crippen LogP contribution in [-0.4, -0.2) is 71.2 Å². The third-order valence-corrected chi connectivity index (χ3v) is 7.26. The van der Waals surface area contributed by atoms with Crippen LogP contribution in [0.1, 0.15) is 53.4 Å². The zero-order valence-electron chi connectivity index (χ0n) is 18.2. The van der Waals surface area contributed by atoms with Crippen LogP contribution in [0, 0.1) is 17.8 Å². The number of aliphatic hydroxyl groups is 1. The van der Waals surface area contributed by atoms with E-state index in [0.717, 1.165) is 12.8 Å². The van der Waals surface area contributed by atoms with Gasteiger partial charge in [0.2, 0.25) is 17.7 Å². The first-order valence-electron chi connectivity index (χ1n) is 10.8. The number of carbonyl (C=O) groups excluding carboxylic acids is 3. The number of aliphatic hydroxyl groups excluding tert-OH is 1. The molecule has 0 aliphatic carbocycles. The molecule has 3 aliphatic heterocycles. The number of hydrogen-bond donors (Lipinski definition) is 3. The van der Waals surface area contributed by atoms with E-state index in [9.17, 15) is 19.5 Å². The van der Waals surface area contributed by atoms with Crippen molar-refractivity contribution < 1.29 is 24.2 Å². The number of nitrogens with zero attached hydrogens (tertiary/aromatic N) is 1. The molecular weight excluding hydrogens is 374 g/mol. The molecule has 1 spiro atoms. The Hall–Kier alpha value is -1.67. The van der Waals surface area contributed by atoms with Crippen molar-refractivity contribution in [2.75, 3.05) is 20.2 Å². The lowest BCUT2D eigenvalue weighted by atomic mass is 9.62. The maximum atomic E-state index is 13.5. The smallest absolute Gasteiger partial charge is 0.246 e. The summed E-state index contributed by atoms with van der Waals surface area (Å²) in [6.45, 7) is 8.12. The molecule has 3 saturated heterocycles. The predicted octanol–water partition coefficient (Wildman–Crippen LogP) is 0.430. The molecule has 4 unspecified atom stereocenters. The molecule has 7 atom stereocenters. The average Bonchev–Trinajstić information content (AvgIpc) is 3.16. The van der Waals surface area contributed by atoms with Crippen molar-refractivity contribution in [2.24, 2.45) is 17.8 Å². The van der Waals surface area contributed by atoms with Crippen LogP contribution in [0.25, 0.3) is 0 Å². The number of hydrogen-bond acceptors (Lipinski definition) is 5. The summed E-state index contributed by atoms with van der Waals surface area (Å²) in [5.41, 5.74) is -1.79. The third kappa shape index (κ3) is 3.15. The number of nitrogens with one attached hydrogen (secondary N) is 2. The quantitative estimate of drug-likeness (QED) is 0.539. The molecule has 0 saturated carbocycles. The molecule has 8 nitrogen and oxygen atoms in total. The van der Waals surface area contributed by atoms with Crippen LogP contribution < -0.4 is 10.6 Å². The summed E-state index contributed by atoms with van der Waals surface area (Å²) >= 11 is 0. The van der Waals surface area contributed by atoms with Gasteiger partial charge in [-0.15, -0.1) is 0 Å². The first kappa shape index (κ1) is 22.0. The molecule has 3 N–H and O–H groups in total. The van der Waals surface area contributed by atoms with Gasteiger partial charge in [-0.25, -0.2) is 0 Å². The first-order valence-corrected chi connectivity index (χ1v) is 10.8. The molecule has 29 heavy (non-hydrogen) atoms. The normalized spacial score (nSPS) is 38.8. The summed E-state index contributed by atoms with van der Waals surface area (Å²) in [6.07, 6.45) is 2.72. The van der Waals surface area contributed by atoms with Crippen LogP contribution in [0.2, 0.25) is 0 Å². The molecule has 3 fully saturated rings. The molecule has 0 aromatic heterocycles. The number of ether oxygens (including phenoxy) is 1. The van der Waals surface area contributed by atoms with E-state index >= 15 is 0 Å². The highest BCUT2D eigenvalue weighted by molar-refractivity contribution is 5.99. The van der Waals surface area contributed by atoms with Gasteiger partial charge in [-0.05, 0) is 39.0 Å². The molecule has 0 aromatic carbocycles. The average molecular weight is 410 g/mol. The molecule has 164 valence electrons. The minimum atomic E-state index is -1.01. The van der Waals surface area contributed by atoms with Crippen LogP contribution in [0.3, 0.4) is 0 Å². The fraction of sp³-hybridized carbons (Fsp3) is 0.857. The van der Waals surface area contributed by atoms with Crippen molar-refractivity contribution in [3.05, 3.63) is 0 Å². The topological polar surface area (TPSA) is 108 Å². The number of fused-ring (bicyclic) bond motifs is 1. The lowest BCUT2D eigenvalue weighted by molar-refractivity contribution is -0.147. The molecule has 0 radical (unpaired) electrons. The maximum Gasteiger partial charge on any atom is 0.246 e. The van der Waals surface area contributed by atoms with Crippen LogP contribution >= 0.6 is 0 Å². The van der Waals surface area contributed by atoms with E-state index in [0.29, 0.717) is 12.8 Å². The molecule has 3 aliphatic rings. The van der Waals surface area contributed by atoms with E-state index in [-0.39, 0.29) is 42.8 Å². The van der Waals surface area contributed by atoms with Gasteiger partial charge < -0.3 is 25.4 Å².